The number of hydrogen-bond donors (Lipinski definition) is 2. The second-order valence-electron chi connectivity index (χ2n) is 6.54. The van der Waals surface area contributed by atoms with Crippen LogP contribution in [0.15, 0.2) is 36.5 Å². The molecule has 3 aromatic rings. The third-order valence-corrected chi connectivity index (χ3v) is 4.49. The Balaban J connectivity index is 1.65. The first-order valence-electron chi connectivity index (χ1n) is 8.51. The van der Waals surface area contributed by atoms with Gasteiger partial charge in [0.1, 0.15) is 6.10 Å². The van der Waals surface area contributed by atoms with E-state index >= 15 is 0 Å². The minimum Gasteiger partial charge on any atom is -0.478 e. The average Bonchev–Trinajstić information content (AvgIpc) is 3.42. The van der Waals surface area contributed by atoms with Gasteiger partial charge in [0, 0.05) is 17.1 Å². The predicted molar refractivity (Wildman–Crippen MR) is 94.5 cm³/mol. The number of carboxylic acid groups (broad SMARTS) is 1. The van der Waals surface area contributed by atoms with Crippen LogP contribution >= 0.6 is 0 Å². The third kappa shape index (κ3) is 3.18. The van der Waals surface area contributed by atoms with E-state index in [-0.39, 0.29) is 12.2 Å². The molecule has 2 aromatic heterocycles. The van der Waals surface area contributed by atoms with Crippen LogP contribution in [-0.2, 0) is 4.74 Å². The zero-order chi connectivity index (χ0) is 18.3. The fourth-order valence-corrected chi connectivity index (χ4v) is 2.83. The molecule has 0 radical (unpaired) electrons. The Morgan fingerprint density at radius 1 is 1.35 bits per heavy atom. The maximum atomic E-state index is 11.0. The Morgan fingerprint density at radius 3 is 2.73 bits per heavy atom. The zero-order valence-electron chi connectivity index (χ0n) is 14.3. The monoisotopic (exact) mass is 353 g/mol. The molecule has 134 valence electrons. The molecule has 1 fully saturated rings. The van der Waals surface area contributed by atoms with E-state index in [1.807, 2.05) is 13.0 Å². The molecule has 1 saturated carbocycles. The summed E-state index contributed by atoms with van der Waals surface area (Å²) in [5, 5.41) is 24.7. The van der Waals surface area contributed by atoms with Gasteiger partial charge in [-0.1, -0.05) is 0 Å². The van der Waals surface area contributed by atoms with E-state index in [4.69, 9.17) is 9.84 Å². The number of aromatic nitrogens is 3. The van der Waals surface area contributed by atoms with Gasteiger partial charge in [-0.2, -0.15) is 5.10 Å². The summed E-state index contributed by atoms with van der Waals surface area (Å²) in [5.41, 5.74) is 3.08. The number of carboxylic acids is 1. The fraction of sp³-hybridized carbons (Fsp3) is 0.316. The zero-order valence-corrected chi connectivity index (χ0v) is 14.3. The highest BCUT2D eigenvalue weighted by Gasteiger charge is 2.24. The highest BCUT2D eigenvalue weighted by Crippen LogP contribution is 2.27. The van der Waals surface area contributed by atoms with Crippen LogP contribution in [-0.4, -0.2) is 43.7 Å². The fourth-order valence-electron chi connectivity index (χ4n) is 2.83. The number of aromatic carboxylic acids is 1. The van der Waals surface area contributed by atoms with Gasteiger partial charge in [-0.25, -0.2) is 14.5 Å². The van der Waals surface area contributed by atoms with Crippen molar-refractivity contribution in [3.63, 3.8) is 0 Å². The van der Waals surface area contributed by atoms with E-state index in [0.29, 0.717) is 17.3 Å². The summed E-state index contributed by atoms with van der Waals surface area (Å²) in [6, 6.07) is 8.35. The van der Waals surface area contributed by atoms with Crippen LogP contribution in [0, 0.1) is 6.92 Å². The van der Waals surface area contributed by atoms with Crippen LogP contribution in [0.2, 0.25) is 0 Å². The van der Waals surface area contributed by atoms with Crippen LogP contribution in [0.3, 0.4) is 0 Å². The van der Waals surface area contributed by atoms with Gasteiger partial charge in [-0.3, -0.25) is 0 Å². The van der Waals surface area contributed by atoms with Crippen LogP contribution in [0.5, 0.6) is 0 Å². The summed E-state index contributed by atoms with van der Waals surface area (Å²) >= 11 is 0. The minimum atomic E-state index is -0.969. The average molecular weight is 353 g/mol. The van der Waals surface area contributed by atoms with E-state index < -0.39 is 12.1 Å². The molecule has 7 nitrogen and oxygen atoms in total. The molecule has 1 aliphatic rings. The number of ether oxygens (including phenoxy) is 1. The lowest BCUT2D eigenvalue weighted by Crippen LogP contribution is -2.08. The molecule has 1 atom stereocenters. The normalized spacial score (nSPS) is 15.3. The van der Waals surface area contributed by atoms with Crippen molar-refractivity contribution in [2.45, 2.75) is 32.0 Å². The van der Waals surface area contributed by atoms with Crippen molar-refractivity contribution in [3.05, 3.63) is 53.3 Å². The molecule has 0 aliphatic heterocycles. The van der Waals surface area contributed by atoms with Crippen molar-refractivity contribution in [3.8, 4) is 5.69 Å². The summed E-state index contributed by atoms with van der Waals surface area (Å²) in [4.78, 5) is 15.5. The van der Waals surface area contributed by atoms with Gasteiger partial charge >= 0.3 is 5.97 Å². The number of nitrogens with zero attached hydrogens (tertiary/aromatic N) is 3. The van der Waals surface area contributed by atoms with Crippen molar-refractivity contribution < 1.29 is 19.7 Å². The minimum absolute atomic E-state index is 0.218. The number of carbonyl (C=O) groups is 1. The summed E-state index contributed by atoms with van der Waals surface area (Å²) in [6.45, 7) is 2.14. The number of aliphatic hydroxyl groups is 1. The van der Waals surface area contributed by atoms with E-state index in [2.05, 4.69) is 10.1 Å². The first-order chi connectivity index (χ1) is 12.5. The van der Waals surface area contributed by atoms with Gasteiger partial charge in [0.15, 0.2) is 5.65 Å². The summed E-state index contributed by atoms with van der Waals surface area (Å²) < 4.78 is 7.24. The number of benzene rings is 1. The number of aliphatic hydroxyl groups excluding tert-OH is 1. The van der Waals surface area contributed by atoms with Gasteiger partial charge in [0.05, 0.1) is 29.7 Å². The van der Waals surface area contributed by atoms with E-state index in [0.717, 1.165) is 29.6 Å². The lowest BCUT2D eigenvalue weighted by Gasteiger charge is -2.11. The topological polar surface area (TPSA) is 97.5 Å². The van der Waals surface area contributed by atoms with Gasteiger partial charge in [-0.05, 0) is 50.1 Å². The highest BCUT2D eigenvalue weighted by atomic mass is 16.5. The van der Waals surface area contributed by atoms with Gasteiger partial charge in [0.25, 0.3) is 0 Å². The summed E-state index contributed by atoms with van der Waals surface area (Å²) in [7, 11) is 0. The molecular weight excluding hydrogens is 334 g/mol. The van der Waals surface area contributed by atoms with Crippen LogP contribution in [0.4, 0.5) is 0 Å². The lowest BCUT2D eigenvalue weighted by molar-refractivity contribution is 0.0272. The number of pyridine rings is 1. The molecule has 0 saturated heterocycles. The van der Waals surface area contributed by atoms with Gasteiger partial charge in [-0.15, -0.1) is 0 Å². The van der Waals surface area contributed by atoms with Crippen LogP contribution in [0.25, 0.3) is 16.7 Å². The van der Waals surface area contributed by atoms with Crippen molar-refractivity contribution in [1.82, 2.24) is 14.8 Å². The number of fused-ring (bicyclic) bond motifs is 1. The summed E-state index contributed by atoms with van der Waals surface area (Å²) in [6.07, 6.45) is 3.34. The SMILES string of the molecule is Cc1nn(-c2ccc(C(=O)O)cc2)c2ncc(C(O)COC3CC3)cc12. The Morgan fingerprint density at radius 2 is 2.08 bits per heavy atom. The standard InChI is InChI=1S/C19H19N3O4/c1-11-16-8-13(17(23)10-26-15-6-7-15)9-20-18(16)22(21-11)14-4-2-12(3-5-14)19(24)25/h2-5,8-9,15,17,23H,6-7,10H2,1H3,(H,24,25). The Labute approximate surface area is 149 Å². The van der Waals surface area contributed by atoms with Crippen molar-refractivity contribution in [2.75, 3.05) is 6.61 Å². The predicted octanol–water partition coefficient (Wildman–Crippen LogP) is 2.64. The molecule has 4 rings (SSSR count). The molecule has 1 unspecified atom stereocenters. The molecule has 0 bridgehead atoms. The van der Waals surface area contributed by atoms with Crippen molar-refractivity contribution in [2.24, 2.45) is 0 Å². The van der Waals surface area contributed by atoms with E-state index in [1.165, 1.54) is 12.1 Å². The summed E-state index contributed by atoms with van der Waals surface area (Å²) in [5.74, 6) is -0.969. The molecule has 1 aliphatic carbocycles. The number of hydrogen-bond acceptors (Lipinski definition) is 5. The quantitative estimate of drug-likeness (QED) is 0.707. The van der Waals surface area contributed by atoms with E-state index in [9.17, 15) is 9.90 Å². The number of aryl methyl sites for hydroxylation is 1. The molecule has 1 aromatic carbocycles. The molecular formula is C19H19N3O4. The third-order valence-electron chi connectivity index (χ3n) is 4.49. The van der Waals surface area contributed by atoms with Crippen molar-refractivity contribution in [1.29, 1.82) is 0 Å². The Bertz CT molecular complexity index is 961. The number of rotatable bonds is 6. The maximum absolute atomic E-state index is 11.0. The molecule has 7 heteroatoms. The second-order valence-corrected chi connectivity index (χ2v) is 6.54. The Kier molecular flexibility index (Phi) is 4.18. The Hall–Kier alpha value is -2.77. The maximum Gasteiger partial charge on any atom is 0.335 e. The molecule has 2 N–H and O–H groups in total. The second kappa shape index (κ2) is 6.51. The van der Waals surface area contributed by atoms with Crippen LogP contribution in [0.1, 0.15) is 40.6 Å². The molecule has 0 spiro atoms. The van der Waals surface area contributed by atoms with E-state index in [1.54, 1.807) is 23.0 Å². The van der Waals surface area contributed by atoms with Gasteiger partial charge < -0.3 is 14.9 Å². The smallest absolute Gasteiger partial charge is 0.335 e. The molecule has 26 heavy (non-hydrogen) atoms. The first-order valence-corrected chi connectivity index (χ1v) is 8.51. The van der Waals surface area contributed by atoms with Crippen molar-refractivity contribution >= 4 is 17.0 Å². The molecule has 2 heterocycles. The highest BCUT2D eigenvalue weighted by molar-refractivity contribution is 5.88. The largest absolute Gasteiger partial charge is 0.478 e. The van der Waals surface area contributed by atoms with Gasteiger partial charge in [0.2, 0.25) is 0 Å². The molecule has 0 amide bonds. The van der Waals surface area contributed by atoms with Crippen LogP contribution < -0.4 is 0 Å². The first kappa shape index (κ1) is 16.7. The lowest BCUT2D eigenvalue weighted by atomic mass is 10.1.